The van der Waals surface area contributed by atoms with E-state index in [1.807, 2.05) is 6.92 Å². The van der Waals surface area contributed by atoms with Gasteiger partial charge in [0.1, 0.15) is 17.5 Å². The van der Waals surface area contributed by atoms with Gasteiger partial charge in [0.2, 0.25) is 11.9 Å². The number of fused-ring (bicyclic) bond motifs is 1. The van der Waals surface area contributed by atoms with Crippen LogP contribution in [0.2, 0.25) is 25.7 Å². The van der Waals surface area contributed by atoms with Crippen LogP contribution in [-0.4, -0.2) is 120 Å². The number of likely N-dealkylation sites (N-methyl/N-ethyl adjacent to an activating group) is 2. The normalized spacial score (nSPS) is 16.3. The second kappa shape index (κ2) is 18.3. The predicted molar refractivity (Wildman–Crippen MR) is 197 cm³/mol. The van der Waals surface area contributed by atoms with E-state index >= 15 is 0 Å². The van der Waals surface area contributed by atoms with Gasteiger partial charge in [-0.2, -0.15) is 4.98 Å². The summed E-state index contributed by atoms with van der Waals surface area (Å²) < 4.78 is 22.1. The molecule has 0 saturated heterocycles. The highest BCUT2D eigenvalue weighted by molar-refractivity contribution is 6.76. The maximum atomic E-state index is 13.2. The average Bonchev–Trinajstić information content (AvgIpc) is 3.63. The minimum absolute atomic E-state index is 0.0656. The molecule has 2 N–H and O–H groups in total. The van der Waals surface area contributed by atoms with Crippen molar-refractivity contribution in [3.63, 3.8) is 0 Å². The Morgan fingerprint density at radius 2 is 1.78 bits per heavy atom. The van der Waals surface area contributed by atoms with Crippen LogP contribution in [0.15, 0.2) is 24.4 Å². The number of carbonyl (C=O) groups is 3. The number of hydrogen-bond donors (Lipinski definition) is 2. The summed E-state index contributed by atoms with van der Waals surface area (Å²) in [5, 5.41) is 6.11. The van der Waals surface area contributed by atoms with Gasteiger partial charge in [0.05, 0.1) is 52.0 Å². The van der Waals surface area contributed by atoms with Gasteiger partial charge in [-0.1, -0.05) is 39.4 Å². The first-order valence-electron chi connectivity index (χ1n) is 17.6. The molecule has 1 saturated carbocycles. The summed E-state index contributed by atoms with van der Waals surface area (Å²) in [4.78, 5) is 52.9. The molecule has 0 spiro atoms. The maximum Gasteiger partial charge on any atom is 0.409 e. The summed E-state index contributed by atoms with van der Waals surface area (Å²) in [5.74, 6) is 1.40. The lowest BCUT2D eigenvalue weighted by Crippen LogP contribution is -2.55. The summed E-state index contributed by atoms with van der Waals surface area (Å²) in [7, 11) is 3.77. The highest BCUT2D eigenvalue weighted by Crippen LogP contribution is 2.40. The zero-order valence-electron chi connectivity index (χ0n) is 30.8. The van der Waals surface area contributed by atoms with Crippen molar-refractivity contribution in [1.82, 2.24) is 20.2 Å². The summed E-state index contributed by atoms with van der Waals surface area (Å²) in [6.07, 6.45) is 6.41. The third-order valence-electron chi connectivity index (χ3n) is 8.99. The molecule has 3 amide bonds. The molecule has 0 bridgehead atoms. The van der Waals surface area contributed by atoms with Crippen LogP contribution in [0.1, 0.15) is 49.4 Å². The van der Waals surface area contributed by atoms with Crippen molar-refractivity contribution >= 4 is 49.1 Å². The van der Waals surface area contributed by atoms with Crippen LogP contribution in [0, 0.1) is 0 Å². The Morgan fingerprint density at radius 3 is 2.46 bits per heavy atom. The number of anilines is 4. The van der Waals surface area contributed by atoms with E-state index in [0.717, 1.165) is 37.5 Å². The van der Waals surface area contributed by atoms with E-state index in [2.05, 4.69) is 40.2 Å². The number of ether oxygens (including phenoxy) is 4. The van der Waals surface area contributed by atoms with E-state index in [9.17, 15) is 14.4 Å². The fourth-order valence-corrected chi connectivity index (χ4v) is 6.72. The third-order valence-corrected chi connectivity index (χ3v) is 10.7. The number of benzene rings is 1. The molecular formula is C35H55N7O7Si. The van der Waals surface area contributed by atoms with Crippen LogP contribution in [-0.2, 0) is 19.0 Å². The van der Waals surface area contributed by atoms with Crippen LogP contribution in [0.25, 0.3) is 0 Å². The third kappa shape index (κ3) is 10.5. The number of hydrogen-bond acceptors (Lipinski definition) is 11. The Bertz CT molecular complexity index is 1450. The van der Waals surface area contributed by atoms with Gasteiger partial charge in [-0.3, -0.25) is 9.59 Å². The lowest BCUT2D eigenvalue weighted by atomic mass is 10.0. The van der Waals surface area contributed by atoms with Crippen molar-refractivity contribution < 1.29 is 33.3 Å². The second-order valence-electron chi connectivity index (χ2n) is 13.9. The van der Waals surface area contributed by atoms with Crippen molar-refractivity contribution in [3.8, 4) is 5.75 Å². The zero-order valence-corrected chi connectivity index (χ0v) is 31.8. The van der Waals surface area contributed by atoms with Crippen LogP contribution in [0.3, 0.4) is 0 Å². The Morgan fingerprint density at radius 1 is 1.06 bits per heavy atom. The first-order chi connectivity index (χ1) is 23.9. The lowest BCUT2D eigenvalue weighted by molar-refractivity contribution is -0.120. The zero-order chi connectivity index (χ0) is 36.3. The average molecular weight is 714 g/mol. The first kappa shape index (κ1) is 38.8. The lowest BCUT2D eigenvalue weighted by Gasteiger charge is -2.43. The Hall–Kier alpha value is -3.95. The molecule has 50 heavy (non-hydrogen) atoms. The summed E-state index contributed by atoms with van der Waals surface area (Å²) in [5.41, 5.74) is 1.74. The first-order valence-corrected chi connectivity index (χ1v) is 21.3. The van der Waals surface area contributed by atoms with Gasteiger partial charge in [0, 0.05) is 46.9 Å². The molecule has 1 aromatic carbocycles. The molecule has 4 rings (SSSR count). The fourth-order valence-electron chi connectivity index (χ4n) is 6.01. The standard InChI is InChI=1S/C35H55N7O7Si/c1-8-28-33(44)41(3)29-24-37-34(39-31(29)42(28)26-11-9-10-12-26)38-27-14-13-25(23-30(27)46-4)32(43)36-15-17-47-19-20-48-18-16-40(2)35(45)49-21-22-50(5,6)7/h13-14,23-24,26,28H,8-12,15-22H2,1-7H3,(H,36,43)(H,37,38,39)/t28-/m0/s1. The van der Waals surface area contributed by atoms with Gasteiger partial charge in [-0.25, -0.2) is 9.78 Å². The molecule has 1 aromatic heterocycles. The predicted octanol–water partition coefficient (Wildman–Crippen LogP) is 4.90. The Labute approximate surface area is 297 Å². The summed E-state index contributed by atoms with van der Waals surface area (Å²) in [6.45, 7) is 11.4. The topological polar surface area (TPSA) is 148 Å². The molecule has 1 fully saturated rings. The van der Waals surface area contributed by atoms with Crippen molar-refractivity contribution in [2.45, 2.75) is 76.8 Å². The quantitative estimate of drug-likeness (QED) is 0.161. The highest BCUT2D eigenvalue weighted by atomic mass is 28.3. The summed E-state index contributed by atoms with van der Waals surface area (Å²) in [6, 6.07) is 6.07. The second-order valence-corrected chi connectivity index (χ2v) is 19.6. The molecule has 15 heteroatoms. The van der Waals surface area contributed by atoms with E-state index in [4.69, 9.17) is 23.9 Å². The van der Waals surface area contributed by atoms with E-state index in [1.165, 1.54) is 4.90 Å². The SMILES string of the molecule is CC[C@H]1C(=O)N(C)c2cnc(Nc3ccc(C(=O)NCCOCCOCCN(C)C(=O)OCC[Si](C)(C)C)cc3OC)nc2N1C1CCCC1. The van der Waals surface area contributed by atoms with Crippen molar-refractivity contribution in [1.29, 1.82) is 0 Å². The molecular weight excluding hydrogens is 659 g/mol. The van der Waals surface area contributed by atoms with Crippen LogP contribution >= 0.6 is 0 Å². The molecule has 1 aliphatic heterocycles. The van der Waals surface area contributed by atoms with Gasteiger partial charge in [0.15, 0.2) is 5.82 Å². The molecule has 1 aliphatic carbocycles. The van der Waals surface area contributed by atoms with Gasteiger partial charge in [-0.05, 0) is 43.5 Å². The van der Waals surface area contributed by atoms with Gasteiger partial charge < -0.3 is 44.3 Å². The maximum absolute atomic E-state index is 13.2. The van der Waals surface area contributed by atoms with E-state index in [0.29, 0.717) is 81.2 Å². The number of nitrogens with zero attached hydrogens (tertiary/aromatic N) is 5. The molecule has 0 radical (unpaired) electrons. The van der Waals surface area contributed by atoms with E-state index in [1.54, 1.807) is 50.5 Å². The smallest absolute Gasteiger partial charge is 0.409 e. The Kier molecular flexibility index (Phi) is 14.2. The van der Waals surface area contributed by atoms with Crippen LogP contribution < -0.4 is 25.2 Å². The van der Waals surface area contributed by atoms with Crippen LogP contribution in [0.4, 0.5) is 27.9 Å². The minimum Gasteiger partial charge on any atom is -0.495 e. The minimum atomic E-state index is -1.24. The fraction of sp³-hybridized carbons (Fsp3) is 0.629. The number of nitrogens with one attached hydrogen (secondary N) is 2. The molecule has 2 heterocycles. The van der Waals surface area contributed by atoms with Gasteiger partial charge >= 0.3 is 6.09 Å². The molecule has 2 aliphatic rings. The van der Waals surface area contributed by atoms with Crippen molar-refractivity contribution in [2.75, 3.05) is 82.4 Å². The molecule has 0 unspecified atom stereocenters. The van der Waals surface area contributed by atoms with E-state index in [-0.39, 0.29) is 30.0 Å². The number of amides is 3. The largest absolute Gasteiger partial charge is 0.495 e. The Balaban J connectivity index is 1.21. The number of methoxy groups -OCH3 is 1. The van der Waals surface area contributed by atoms with Crippen molar-refractivity contribution in [3.05, 3.63) is 30.0 Å². The van der Waals surface area contributed by atoms with Gasteiger partial charge in [-0.15, -0.1) is 0 Å². The highest BCUT2D eigenvalue weighted by Gasteiger charge is 2.41. The molecule has 2 aromatic rings. The number of aromatic nitrogens is 2. The molecule has 1 atom stereocenters. The van der Waals surface area contributed by atoms with Crippen molar-refractivity contribution in [2.24, 2.45) is 0 Å². The molecule has 276 valence electrons. The van der Waals surface area contributed by atoms with E-state index < -0.39 is 8.07 Å². The summed E-state index contributed by atoms with van der Waals surface area (Å²) >= 11 is 0. The molecule has 14 nitrogen and oxygen atoms in total. The van der Waals surface area contributed by atoms with Crippen LogP contribution in [0.5, 0.6) is 5.75 Å². The number of rotatable bonds is 18. The monoisotopic (exact) mass is 713 g/mol. The van der Waals surface area contributed by atoms with Gasteiger partial charge in [0.25, 0.3) is 5.91 Å². The number of carbonyl (C=O) groups excluding carboxylic acids is 3.